The van der Waals surface area contributed by atoms with Gasteiger partial charge in [-0.15, -0.1) is 0 Å². The van der Waals surface area contributed by atoms with E-state index in [1.54, 1.807) is 0 Å². The maximum absolute atomic E-state index is 6.24. The Kier molecular flexibility index (Phi) is 4.35. The smallest absolute Gasteiger partial charge is 0.0935 e. The van der Waals surface area contributed by atoms with Gasteiger partial charge in [0.1, 0.15) is 0 Å². The zero-order chi connectivity index (χ0) is 13.8. The van der Waals surface area contributed by atoms with Crippen molar-refractivity contribution in [1.29, 1.82) is 0 Å². The Labute approximate surface area is 126 Å². The third-order valence-electron chi connectivity index (χ3n) is 3.84. The summed E-state index contributed by atoms with van der Waals surface area (Å²) in [5, 5.41) is 2.54. The molecule has 0 aromatic heterocycles. The van der Waals surface area contributed by atoms with Crippen LogP contribution >= 0.6 is 6.04 Å². The van der Waals surface area contributed by atoms with E-state index in [2.05, 4.69) is 60.7 Å². The van der Waals surface area contributed by atoms with E-state index in [9.17, 15) is 0 Å². The molecule has 1 saturated heterocycles. The molecule has 2 aromatic rings. The first-order chi connectivity index (χ1) is 9.82. The highest BCUT2D eigenvalue weighted by atomic mass is 32.4. The molecule has 1 aliphatic heterocycles. The van der Waals surface area contributed by atoms with Crippen LogP contribution in [0.1, 0.15) is 19.3 Å². The van der Waals surface area contributed by atoms with Gasteiger partial charge >= 0.3 is 0 Å². The Morgan fingerprint density at radius 2 is 1.40 bits per heavy atom. The monoisotopic (exact) mass is 302 g/mol. The molecule has 0 radical (unpaired) electrons. The van der Waals surface area contributed by atoms with Crippen molar-refractivity contribution in [3.8, 4) is 0 Å². The lowest BCUT2D eigenvalue weighted by Crippen LogP contribution is -2.30. The number of hydrogen-bond donors (Lipinski definition) is 0. The molecule has 2 aromatic carbocycles. The molecule has 3 heteroatoms. The fourth-order valence-corrected chi connectivity index (χ4v) is 7.07. The van der Waals surface area contributed by atoms with Crippen LogP contribution in [0.15, 0.2) is 60.7 Å². The molecule has 0 spiro atoms. The van der Waals surface area contributed by atoms with E-state index in [1.165, 1.54) is 17.0 Å². The van der Waals surface area contributed by atoms with Gasteiger partial charge in [-0.1, -0.05) is 72.5 Å². The van der Waals surface area contributed by atoms with Crippen LogP contribution in [0.2, 0.25) is 0 Å². The molecule has 0 bridgehead atoms. The fourth-order valence-electron chi connectivity index (χ4n) is 2.79. The molecule has 104 valence electrons. The number of ether oxygens (including phenoxy) is 1. The van der Waals surface area contributed by atoms with Crippen molar-refractivity contribution >= 4 is 28.5 Å². The van der Waals surface area contributed by atoms with Crippen LogP contribution in [0, 0.1) is 0 Å². The van der Waals surface area contributed by atoms with Crippen molar-refractivity contribution in [2.75, 3.05) is 6.61 Å². The molecule has 0 amide bonds. The summed E-state index contributed by atoms with van der Waals surface area (Å²) in [5.41, 5.74) is 0. The Morgan fingerprint density at radius 3 is 1.85 bits per heavy atom. The van der Waals surface area contributed by atoms with Crippen LogP contribution in [-0.4, -0.2) is 12.5 Å². The Bertz CT molecular complexity index is 547. The highest BCUT2D eigenvalue weighted by molar-refractivity contribution is 8.22. The quantitative estimate of drug-likeness (QED) is 0.801. The summed E-state index contributed by atoms with van der Waals surface area (Å²) in [6.07, 6.45) is 3.47. The van der Waals surface area contributed by atoms with E-state index in [0.717, 1.165) is 19.4 Å². The van der Waals surface area contributed by atoms with Crippen molar-refractivity contribution in [3.05, 3.63) is 60.7 Å². The minimum Gasteiger partial charge on any atom is -0.372 e. The summed E-state index contributed by atoms with van der Waals surface area (Å²) in [5.74, 6) is 0.191. The largest absolute Gasteiger partial charge is 0.372 e. The van der Waals surface area contributed by atoms with Crippen LogP contribution in [0.3, 0.4) is 0 Å². The molecule has 1 heterocycles. The van der Waals surface area contributed by atoms with Gasteiger partial charge in [-0.05, 0) is 29.9 Å². The molecular formula is C17H19OPS. The molecule has 1 aliphatic rings. The Balaban J connectivity index is 2.10. The second-order valence-corrected chi connectivity index (χ2v) is 9.80. The lowest BCUT2D eigenvalue weighted by atomic mass is 10.2. The lowest BCUT2D eigenvalue weighted by molar-refractivity contribution is 0.0698. The maximum Gasteiger partial charge on any atom is 0.0935 e. The van der Waals surface area contributed by atoms with Gasteiger partial charge in [-0.3, -0.25) is 0 Å². The fraction of sp³-hybridized carbons (Fsp3) is 0.294. The van der Waals surface area contributed by atoms with Gasteiger partial charge < -0.3 is 4.74 Å². The predicted molar refractivity (Wildman–Crippen MR) is 90.0 cm³/mol. The molecule has 0 aliphatic carbocycles. The first-order valence-electron chi connectivity index (χ1n) is 7.14. The van der Waals surface area contributed by atoms with Gasteiger partial charge in [0, 0.05) is 12.6 Å². The molecule has 0 saturated carbocycles. The summed E-state index contributed by atoms with van der Waals surface area (Å²) >= 11 is 6.24. The minimum atomic E-state index is -1.89. The number of benzene rings is 2. The third-order valence-corrected chi connectivity index (χ3v) is 9.16. The van der Waals surface area contributed by atoms with Crippen molar-refractivity contribution in [1.82, 2.24) is 0 Å². The SMILES string of the molecule is S=P(c1ccccc1)(c1ccccc1)C1CCCCO1. The van der Waals surface area contributed by atoms with E-state index in [4.69, 9.17) is 16.5 Å². The average Bonchev–Trinajstić information content (AvgIpc) is 2.56. The van der Waals surface area contributed by atoms with E-state index in [0.29, 0.717) is 0 Å². The highest BCUT2D eigenvalue weighted by Gasteiger charge is 2.33. The molecule has 3 rings (SSSR count). The molecular weight excluding hydrogens is 283 g/mol. The number of hydrogen-bond acceptors (Lipinski definition) is 2. The van der Waals surface area contributed by atoms with Crippen molar-refractivity contribution in [2.45, 2.75) is 25.1 Å². The summed E-state index contributed by atoms with van der Waals surface area (Å²) < 4.78 is 6.10. The summed E-state index contributed by atoms with van der Waals surface area (Å²) in [6, 6.07) is 19.2. The van der Waals surface area contributed by atoms with Gasteiger partial charge in [0.2, 0.25) is 0 Å². The van der Waals surface area contributed by atoms with Crippen molar-refractivity contribution in [3.63, 3.8) is 0 Å². The molecule has 1 atom stereocenters. The third kappa shape index (κ3) is 2.61. The second-order valence-electron chi connectivity index (χ2n) is 5.15. The number of rotatable bonds is 3. The van der Waals surface area contributed by atoms with E-state index < -0.39 is 6.04 Å². The molecule has 1 nitrogen and oxygen atoms in total. The van der Waals surface area contributed by atoms with Crippen LogP contribution in [0.4, 0.5) is 0 Å². The van der Waals surface area contributed by atoms with Crippen LogP contribution in [-0.2, 0) is 16.5 Å². The van der Waals surface area contributed by atoms with Gasteiger partial charge in [-0.25, -0.2) is 0 Å². The van der Waals surface area contributed by atoms with E-state index in [1.807, 2.05) is 0 Å². The summed E-state index contributed by atoms with van der Waals surface area (Å²) in [6.45, 7) is 0.850. The van der Waals surface area contributed by atoms with Crippen LogP contribution in [0.25, 0.3) is 0 Å². The summed E-state index contributed by atoms with van der Waals surface area (Å²) in [7, 11) is 0. The molecule has 0 N–H and O–H groups in total. The standard InChI is InChI=1S/C17H19OPS/c20-19(15-9-3-1-4-10-15,16-11-5-2-6-12-16)17-13-7-8-14-18-17/h1-6,9-12,17H,7-8,13-14H2. The topological polar surface area (TPSA) is 9.23 Å². The highest BCUT2D eigenvalue weighted by Crippen LogP contribution is 2.52. The Hall–Kier alpha value is -0.950. The van der Waals surface area contributed by atoms with Crippen molar-refractivity contribution in [2.24, 2.45) is 0 Å². The van der Waals surface area contributed by atoms with Crippen molar-refractivity contribution < 1.29 is 4.74 Å². The zero-order valence-electron chi connectivity index (χ0n) is 11.4. The first-order valence-corrected chi connectivity index (χ1v) is 10.0. The zero-order valence-corrected chi connectivity index (χ0v) is 13.2. The van der Waals surface area contributed by atoms with Gasteiger partial charge in [-0.2, -0.15) is 0 Å². The molecule has 1 unspecified atom stereocenters. The Morgan fingerprint density at radius 1 is 0.850 bits per heavy atom. The molecule has 1 fully saturated rings. The first kappa shape index (κ1) is 14.0. The van der Waals surface area contributed by atoms with Gasteiger partial charge in [0.05, 0.1) is 5.85 Å². The summed E-state index contributed by atoms with van der Waals surface area (Å²) in [4.78, 5) is 0. The maximum atomic E-state index is 6.24. The molecule has 20 heavy (non-hydrogen) atoms. The van der Waals surface area contributed by atoms with Gasteiger partial charge in [0.15, 0.2) is 0 Å². The van der Waals surface area contributed by atoms with E-state index in [-0.39, 0.29) is 5.85 Å². The van der Waals surface area contributed by atoms with Crippen LogP contribution < -0.4 is 10.6 Å². The second kappa shape index (κ2) is 6.22. The average molecular weight is 302 g/mol. The minimum absolute atomic E-state index is 0.191. The van der Waals surface area contributed by atoms with Crippen LogP contribution in [0.5, 0.6) is 0 Å². The van der Waals surface area contributed by atoms with Gasteiger partial charge in [0.25, 0.3) is 0 Å². The normalized spacial score (nSPS) is 19.7. The predicted octanol–water partition coefficient (Wildman–Crippen LogP) is 3.64. The van der Waals surface area contributed by atoms with E-state index >= 15 is 0 Å². The lowest BCUT2D eigenvalue weighted by Gasteiger charge is -2.34.